The van der Waals surface area contributed by atoms with Gasteiger partial charge in [0.05, 0.1) is 5.56 Å². The van der Waals surface area contributed by atoms with Crippen molar-refractivity contribution in [2.45, 2.75) is 78.6 Å². The van der Waals surface area contributed by atoms with E-state index in [0.717, 1.165) is 60.5 Å². The van der Waals surface area contributed by atoms with Crippen LogP contribution in [0.25, 0.3) is 89.7 Å². The fourth-order valence-corrected chi connectivity index (χ4v) is 8.11. The fourth-order valence-electron chi connectivity index (χ4n) is 8.11. The van der Waals surface area contributed by atoms with Crippen LogP contribution in [0.5, 0.6) is 0 Å². The number of aromatic amines is 2. The minimum absolute atomic E-state index is 0.0975. The van der Waals surface area contributed by atoms with Crippen molar-refractivity contribution in [3.63, 3.8) is 0 Å². The van der Waals surface area contributed by atoms with Crippen molar-refractivity contribution in [3.8, 4) is 57.4 Å². The topological polar surface area (TPSA) is 146 Å². The van der Waals surface area contributed by atoms with Crippen molar-refractivity contribution >= 4 is 50.1 Å². The van der Waals surface area contributed by atoms with Crippen molar-refractivity contribution in [1.29, 1.82) is 0 Å². The highest BCUT2D eigenvalue weighted by molar-refractivity contribution is 6.07. The van der Waals surface area contributed by atoms with E-state index in [9.17, 15) is 9.90 Å². The first-order valence-corrected chi connectivity index (χ1v) is 21.1. The van der Waals surface area contributed by atoms with E-state index < -0.39 is 5.97 Å². The van der Waals surface area contributed by atoms with Crippen LogP contribution in [0.1, 0.15) is 100 Å². The molecule has 0 saturated heterocycles. The summed E-state index contributed by atoms with van der Waals surface area (Å²) in [5.74, 6) is 7.63. The smallest absolute Gasteiger partial charge is 0.335 e. The van der Waals surface area contributed by atoms with Crippen LogP contribution in [0.15, 0.2) is 97.1 Å². The summed E-state index contributed by atoms with van der Waals surface area (Å²) in [4.78, 5) is 50.1. The zero-order valence-corrected chi connectivity index (χ0v) is 36.8. The second-order valence-electron chi connectivity index (χ2n) is 19.5. The molecule has 0 atom stereocenters. The Morgan fingerprint density at radius 1 is 0.429 bits per heavy atom. The van der Waals surface area contributed by atoms with E-state index in [0.29, 0.717) is 51.4 Å². The molecule has 5 heterocycles. The molecule has 5 aromatic carbocycles. The number of fused-ring (bicyclic) bond motifs is 20. The highest BCUT2D eigenvalue weighted by Crippen LogP contribution is 2.40. The van der Waals surface area contributed by atoms with Crippen LogP contribution in [0.4, 0.5) is 0 Å². The zero-order valence-electron chi connectivity index (χ0n) is 36.8. The summed E-state index contributed by atoms with van der Waals surface area (Å²) >= 11 is 0. The molecule has 2 aliphatic heterocycles. The summed E-state index contributed by atoms with van der Waals surface area (Å²) in [6.07, 6.45) is 0. The molecular formula is C53H46N8O2. The van der Waals surface area contributed by atoms with Crippen LogP contribution in [-0.2, 0) is 16.2 Å². The van der Waals surface area contributed by atoms with Gasteiger partial charge in [-0.15, -0.1) is 0 Å². The number of aromatic nitrogens is 8. The summed E-state index contributed by atoms with van der Waals surface area (Å²) in [5.41, 5.74) is 10.8. The number of carboxylic acid groups (broad SMARTS) is 1. The van der Waals surface area contributed by atoms with Crippen molar-refractivity contribution in [2.24, 2.45) is 0 Å². The van der Waals surface area contributed by atoms with Gasteiger partial charge in [-0.05, 0) is 93.6 Å². The van der Waals surface area contributed by atoms with Gasteiger partial charge < -0.3 is 15.1 Å². The molecule has 10 rings (SSSR count). The summed E-state index contributed by atoms with van der Waals surface area (Å²) in [6, 6.07) is 31.8. The van der Waals surface area contributed by atoms with Crippen molar-refractivity contribution < 1.29 is 9.90 Å². The molecule has 2 aliphatic rings. The van der Waals surface area contributed by atoms with Gasteiger partial charge in [-0.1, -0.05) is 111 Å². The maximum Gasteiger partial charge on any atom is 0.335 e. The maximum atomic E-state index is 11.4. The lowest BCUT2D eigenvalue weighted by molar-refractivity contribution is 0.0697. The molecule has 0 unspecified atom stereocenters. The lowest BCUT2D eigenvalue weighted by Gasteiger charge is -2.19. The number of carboxylic acids is 1. The van der Waals surface area contributed by atoms with Crippen LogP contribution in [0.2, 0.25) is 0 Å². The minimum atomic E-state index is -0.980. The number of rotatable bonds is 1. The first-order chi connectivity index (χ1) is 29.9. The predicted octanol–water partition coefficient (Wildman–Crippen LogP) is 11.9. The van der Waals surface area contributed by atoms with Crippen LogP contribution < -0.4 is 0 Å². The van der Waals surface area contributed by atoms with Crippen LogP contribution in [0.3, 0.4) is 0 Å². The molecule has 63 heavy (non-hydrogen) atoms. The highest BCUT2D eigenvalue weighted by Gasteiger charge is 2.26. The quantitative estimate of drug-likeness (QED) is 0.139. The highest BCUT2D eigenvalue weighted by atomic mass is 16.4. The fraction of sp³-hybridized carbons (Fsp3) is 0.226. The van der Waals surface area contributed by atoms with E-state index in [1.807, 2.05) is 18.2 Å². The Hall–Kier alpha value is -7.51. The standard InChI is InChI=1S/C53H46N8O2/c1-51(2,3)31-17-21-35-39(25-31)48-57-43(35)55-46-38-24-29(11-10-28-12-15-30(16-13-28)50(62)63)14-20-34(38)42(54-46)56-47-40-26-32(52(4,5)6)18-22-36(40)44(58-47)60-49-41-27-33(53(7,8)9)19-23-37(41)45(59-48)61-49/h12-27H,1-9H3,(H,62,63)(H2,54,55,56,57,58,59,60,61). The Morgan fingerprint density at radius 2 is 0.810 bits per heavy atom. The lowest BCUT2D eigenvalue weighted by Crippen LogP contribution is -2.10. The third kappa shape index (κ3) is 7.09. The average molecular weight is 827 g/mol. The second-order valence-corrected chi connectivity index (χ2v) is 19.5. The molecule has 0 aliphatic carbocycles. The first-order valence-electron chi connectivity index (χ1n) is 21.1. The van der Waals surface area contributed by atoms with Gasteiger partial charge in [0, 0.05) is 54.9 Å². The summed E-state index contributed by atoms with van der Waals surface area (Å²) in [5, 5.41) is 12.9. The van der Waals surface area contributed by atoms with E-state index >= 15 is 0 Å². The molecule has 10 heteroatoms. The maximum absolute atomic E-state index is 11.4. The molecule has 3 aromatic heterocycles. The van der Waals surface area contributed by atoms with Crippen LogP contribution in [-0.4, -0.2) is 50.9 Å². The largest absolute Gasteiger partial charge is 0.478 e. The third-order valence-electron chi connectivity index (χ3n) is 11.9. The molecule has 8 aromatic rings. The van der Waals surface area contributed by atoms with E-state index in [1.165, 1.54) is 5.56 Å². The minimum Gasteiger partial charge on any atom is -0.478 e. The normalized spacial score (nSPS) is 12.5. The van der Waals surface area contributed by atoms with E-state index in [-0.39, 0.29) is 21.8 Å². The molecule has 0 saturated carbocycles. The van der Waals surface area contributed by atoms with E-state index in [2.05, 4.69) is 139 Å². The molecule has 10 nitrogen and oxygen atoms in total. The number of H-pyrrole nitrogens is 2. The third-order valence-corrected chi connectivity index (χ3v) is 11.9. The SMILES string of the molecule is CC(C)(C)c1ccc2c(c1)-c1nc-2nc2[nH]c(nc3nc(nc4[nH]c(n1)c1ccc(C#Cc5ccc(C(=O)O)cc5)cc41)-c1ccc(C(C)(C)C)cc1-3)c1ccc(C(C)(C)C)cc21. The van der Waals surface area contributed by atoms with Crippen LogP contribution in [0, 0.1) is 11.8 Å². The summed E-state index contributed by atoms with van der Waals surface area (Å²) < 4.78 is 0. The van der Waals surface area contributed by atoms with Crippen molar-refractivity contribution in [3.05, 3.63) is 130 Å². The van der Waals surface area contributed by atoms with Gasteiger partial charge in [0.15, 0.2) is 23.3 Å². The van der Waals surface area contributed by atoms with Crippen molar-refractivity contribution in [1.82, 2.24) is 39.9 Å². The predicted molar refractivity (Wildman–Crippen MR) is 252 cm³/mol. The molecule has 310 valence electrons. The summed E-state index contributed by atoms with van der Waals surface area (Å²) in [7, 11) is 0. The Kier molecular flexibility index (Phi) is 8.81. The van der Waals surface area contributed by atoms with Crippen molar-refractivity contribution in [2.75, 3.05) is 0 Å². The first kappa shape index (κ1) is 39.6. The van der Waals surface area contributed by atoms with Gasteiger partial charge in [0.2, 0.25) is 0 Å². The Morgan fingerprint density at radius 3 is 1.29 bits per heavy atom. The Bertz CT molecular complexity index is 3470. The molecule has 0 radical (unpaired) electrons. The molecule has 8 bridgehead atoms. The second kappa shape index (κ2) is 14.0. The lowest BCUT2D eigenvalue weighted by atomic mass is 9.85. The molecule has 0 amide bonds. The van der Waals surface area contributed by atoms with Gasteiger partial charge in [-0.3, -0.25) is 0 Å². The molecule has 0 fully saturated rings. The monoisotopic (exact) mass is 826 g/mol. The zero-order chi connectivity index (χ0) is 44.2. The van der Waals surface area contributed by atoms with Gasteiger partial charge in [-0.25, -0.2) is 34.7 Å². The Balaban J connectivity index is 1.31. The average Bonchev–Trinajstić information content (AvgIpc) is 3.96. The molecule has 0 spiro atoms. The van der Waals surface area contributed by atoms with E-state index in [1.54, 1.807) is 24.3 Å². The van der Waals surface area contributed by atoms with Crippen LogP contribution >= 0.6 is 0 Å². The molecular weight excluding hydrogens is 781 g/mol. The number of nitrogens with one attached hydrogen (secondary N) is 2. The Labute approximate surface area is 365 Å². The van der Waals surface area contributed by atoms with Gasteiger partial charge in [-0.2, -0.15) is 0 Å². The number of nitrogens with zero attached hydrogens (tertiary/aromatic N) is 6. The number of hydrogen-bond acceptors (Lipinski definition) is 7. The van der Waals surface area contributed by atoms with Gasteiger partial charge in [0.1, 0.15) is 22.6 Å². The number of benzene rings is 5. The summed E-state index contributed by atoms with van der Waals surface area (Å²) in [6.45, 7) is 19.8. The number of carbonyl (C=O) groups is 1. The van der Waals surface area contributed by atoms with Gasteiger partial charge >= 0.3 is 5.97 Å². The number of aromatic carboxylic acids is 1. The molecule has 3 N–H and O–H groups in total. The van der Waals surface area contributed by atoms with Gasteiger partial charge in [0.25, 0.3) is 0 Å². The number of hydrogen-bond donors (Lipinski definition) is 3. The van der Waals surface area contributed by atoms with E-state index in [4.69, 9.17) is 29.9 Å².